The highest BCUT2D eigenvalue weighted by atomic mass is 32.1. The van der Waals surface area contributed by atoms with Crippen molar-refractivity contribution in [1.82, 2.24) is 15.1 Å². The average molecular weight is 282 g/mol. The molecule has 0 radical (unpaired) electrons. The monoisotopic (exact) mass is 282 g/mol. The number of thiocarbonyl (C=S) groups is 1. The molecule has 0 aliphatic carbocycles. The zero-order chi connectivity index (χ0) is 14.5. The Balaban J connectivity index is 2.56. The standard InChI is InChI=1S/C13H22N4OS/c1-4-13(5-2,11(14)19)12(18)15-8-6-10-7-9-17(3)16-10/h7,9H,4-6,8H2,1-3H3,(H2,14,19)(H,15,18). The Hall–Kier alpha value is -1.43. The van der Waals surface area contributed by atoms with Crippen molar-refractivity contribution in [3.63, 3.8) is 0 Å². The van der Waals surface area contributed by atoms with Gasteiger partial charge in [0.25, 0.3) is 0 Å². The molecule has 3 N–H and O–H groups in total. The third-order valence-corrected chi connectivity index (χ3v) is 3.94. The molecule has 1 aromatic rings. The van der Waals surface area contributed by atoms with Gasteiger partial charge in [-0.05, 0) is 18.9 Å². The van der Waals surface area contributed by atoms with Crippen LogP contribution in [-0.4, -0.2) is 27.2 Å². The minimum absolute atomic E-state index is 0.0825. The van der Waals surface area contributed by atoms with Crippen LogP contribution in [-0.2, 0) is 18.3 Å². The smallest absolute Gasteiger partial charge is 0.233 e. The SMILES string of the molecule is CCC(CC)(C(=O)NCCc1ccn(C)n1)C(N)=S. The van der Waals surface area contributed by atoms with Crippen LogP contribution in [0.1, 0.15) is 32.4 Å². The second kappa shape index (κ2) is 6.65. The van der Waals surface area contributed by atoms with Gasteiger partial charge in [0.1, 0.15) is 0 Å². The van der Waals surface area contributed by atoms with Gasteiger partial charge in [-0.15, -0.1) is 0 Å². The molecule has 0 atom stereocenters. The summed E-state index contributed by atoms with van der Waals surface area (Å²) in [4.78, 5) is 12.5. The molecular formula is C13H22N4OS. The van der Waals surface area contributed by atoms with E-state index in [0.717, 1.165) is 5.69 Å². The molecular weight excluding hydrogens is 260 g/mol. The molecule has 0 bridgehead atoms. The van der Waals surface area contributed by atoms with Crippen molar-refractivity contribution in [1.29, 1.82) is 0 Å². The fourth-order valence-corrected chi connectivity index (χ4v) is 2.48. The van der Waals surface area contributed by atoms with Gasteiger partial charge in [-0.1, -0.05) is 26.1 Å². The van der Waals surface area contributed by atoms with Gasteiger partial charge in [0.2, 0.25) is 5.91 Å². The number of nitrogens with two attached hydrogens (primary N) is 1. The number of carbonyl (C=O) groups excluding carboxylic acids is 1. The lowest BCUT2D eigenvalue weighted by Crippen LogP contribution is -2.48. The minimum atomic E-state index is -0.723. The van der Waals surface area contributed by atoms with Crippen molar-refractivity contribution in [2.24, 2.45) is 18.2 Å². The molecule has 6 heteroatoms. The first-order valence-electron chi connectivity index (χ1n) is 6.53. The Morgan fingerprint density at radius 2 is 2.16 bits per heavy atom. The topological polar surface area (TPSA) is 72.9 Å². The number of amides is 1. The van der Waals surface area contributed by atoms with E-state index in [-0.39, 0.29) is 10.9 Å². The van der Waals surface area contributed by atoms with Crippen molar-refractivity contribution < 1.29 is 4.79 Å². The first-order valence-corrected chi connectivity index (χ1v) is 6.93. The Kier molecular flexibility index (Phi) is 5.47. The summed E-state index contributed by atoms with van der Waals surface area (Å²) < 4.78 is 1.74. The molecule has 19 heavy (non-hydrogen) atoms. The van der Waals surface area contributed by atoms with Crippen LogP contribution >= 0.6 is 12.2 Å². The van der Waals surface area contributed by atoms with E-state index in [9.17, 15) is 4.79 Å². The average Bonchev–Trinajstić information content (AvgIpc) is 2.77. The Morgan fingerprint density at radius 3 is 2.58 bits per heavy atom. The quantitative estimate of drug-likeness (QED) is 0.736. The van der Waals surface area contributed by atoms with Gasteiger partial charge in [0, 0.05) is 26.2 Å². The highest BCUT2D eigenvalue weighted by molar-refractivity contribution is 7.80. The molecule has 0 aliphatic heterocycles. The van der Waals surface area contributed by atoms with Crippen molar-refractivity contribution in [2.75, 3.05) is 6.54 Å². The normalized spacial score (nSPS) is 11.3. The summed E-state index contributed by atoms with van der Waals surface area (Å²) in [7, 11) is 1.87. The summed E-state index contributed by atoms with van der Waals surface area (Å²) in [6.45, 7) is 4.40. The van der Waals surface area contributed by atoms with Gasteiger partial charge in [0.15, 0.2) is 0 Å². The molecule has 0 aliphatic rings. The summed E-state index contributed by atoms with van der Waals surface area (Å²) in [6, 6.07) is 1.94. The lowest BCUT2D eigenvalue weighted by atomic mass is 9.81. The third-order valence-electron chi connectivity index (χ3n) is 3.55. The molecule has 5 nitrogen and oxygen atoms in total. The number of carbonyl (C=O) groups is 1. The lowest BCUT2D eigenvalue weighted by Gasteiger charge is -2.28. The number of hydrogen-bond acceptors (Lipinski definition) is 3. The first-order chi connectivity index (χ1) is 8.96. The van der Waals surface area contributed by atoms with E-state index in [1.54, 1.807) is 4.68 Å². The molecule has 0 fully saturated rings. The fraction of sp³-hybridized carbons (Fsp3) is 0.615. The number of nitrogens with zero attached hydrogens (tertiary/aromatic N) is 2. The number of rotatable bonds is 7. The maximum absolute atomic E-state index is 12.3. The van der Waals surface area contributed by atoms with Crippen molar-refractivity contribution in [2.45, 2.75) is 33.1 Å². The largest absolute Gasteiger partial charge is 0.392 e. The van der Waals surface area contributed by atoms with E-state index in [1.165, 1.54) is 0 Å². The summed E-state index contributed by atoms with van der Waals surface area (Å²) in [5, 5.41) is 7.17. The van der Waals surface area contributed by atoms with Crippen LogP contribution in [0.15, 0.2) is 12.3 Å². The van der Waals surface area contributed by atoms with Crippen LogP contribution in [0.5, 0.6) is 0 Å². The molecule has 0 aromatic carbocycles. The Labute approximate surface area is 119 Å². The zero-order valence-corrected chi connectivity index (χ0v) is 12.6. The number of aromatic nitrogens is 2. The van der Waals surface area contributed by atoms with E-state index >= 15 is 0 Å². The maximum Gasteiger partial charge on any atom is 0.233 e. The predicted octanol–water partition coefficient (Wildman–Crippen LogP) is 1.17. The number of nitrogens with one attached hydrogen (secondary N) is 1. The van der Waals surface area contributed by atoms with Crippen molar-refractivity contribution in [3.8, 4) is 0 Å². The second-order valence-electron chi connectivity index (χ2n) is 4.64. The van der Waals surface area contributed by atoms with E-state index in [1.807, 2.05) is 33.2 Å². The summed E-state index contributed by atoms with van der Waals surface area (Å²) in [5.74, 6) is -0.0825. The Bertz CT molecular complexity index is 451. The van der Waals surface area contributed by atoms with Crippen LogP contribution in [0, 0.1) is 5.41 Å². The molecule has 106 valence electrons. The first kappa shape index (κ1) is 15.6. The lowest BCUT2D eigenvalue weighted by molar-refractivity contribution is -0.127. The molecule has 1 aromatic heterocycles. The van der Waals surface area contributed by atoms with Gasteiger partial charge in [-0.25, -0.2) is 0 Å². The van der Waals surface area contributed by atoms with Crippen LogP contribution < -0.4 is 11.1 Å². The van der Waals surface area contributed by atoms with Crippen LogP contribution in [0.3, 0.4) is 0 Å². The van der Waals surface area contributed by atoms with Gasteiger partial charge >= 0.3 is 0 Å². The number of aryl methyl sites for hydroxylation is 1. The van der Waals surface area contributed by atoms with E-state index < -0.39 is 5.41 Å². The van der Waals surface area contributed by atoms with Crippen molar-refractivity contribution >= 4 is 23.1 Å². The molecule has 0 unspecified atom stereocenters. The van der Waals surface area contributed by atoms with E-state index in [2.05, 4.69) is 10.4 Å². The van der Waals surface area contributed by atoms with Gasteiger partial charge in [-0.2, -0.15) is 5.10 Å². The van der Waals surface area contributed by atoms with E-state index in [0.29, 0.717) is 25.8 Å². The van der Waals surface area contributed by atoms with Gasteiger partial charge < -0.3 is 11.1 Å². The molecule has 1 rings (SSSR count). The zero-order valence-electron chi connectivity index (χ0n) is 11.8. The second-order valence-corrected chi connectivity index (χ2v) is 5.08. The molecule has 0 saturated heterocycles. The van der Waals surface area contributed by atoms with Gasteiger partial charge in [-0.3, -0.25) is 9.48 Å². The van der Waals surface area contributed by atoms with Gasteiger partial charge in [0.05, 0.1) is 16.1 Å². The summed E-state index contributed by atoms with van der Waals surface area (Å²) >= 11 is 5.05. The maximum atomic E-state index is 12.3. The van der Waals surface area contributed by atoms with Crippen LogP contribution in [0.2, 0.25) is 0 Å². The van der Waals surface area contributed by atoms with Crippen molar-refractivity contribution in [3.05, 3.63) is 18.0 Å². The van der Waals surface area contributed by atoms with Crippen LogP contribution in [0.4, 0.5) is 0 Å². The fourth-order valence-electron chi connectivity index (χ4n) is 2.10. The minimum Gasteiger partial charge on any atom is -0.392 e. The summed E-state index contributed by atoms with van der Waals surface area (Å²) in [6.07, 6.45) is 3.82. The molecule has 0 saturated carbocycles. The Morgan fingerprint density at radius 1 is 1.53 bits per heavy atom. The molecule has 1 amide bonds. The molecule has 1 heterocycles. The van der Waals surface area contributed by atoms with Crippen LogP contribution in [0.25, 0.3) is 0 Å². The third kappa shape index (κ3) is 3.53. The number of hydrogen-bond donors (Lipinski definition) is 2. The molecule has 0 spiro atoms. The predicted molar refractivity (Wildman–Crippen MR) is 79.7 cm³/mol. The summed E-state index contributed by atoms with van der Waals surface area (Å²) in [5.41, 5.74) is 5.97. The highest BCUT2D eigenvalue weighted by Crippen LogP contribution is 2.27. The van der Waals surface area contributed by atoms with E-state index in [4.69, 9.17) is 18.0 Å². The highest BCUT2D eigenvalue weighted by Gasteiger charge is 2.37.